The fourth-order valence-corrected chi connectivity index (χ4v) is 15.9. The number of allylic oxidation sites excluding steroid dienone is 1. The number of aryl methyl sites for hydroxylation is 1. The third-order valence-corrected chi connectivity index (χ3v) is 20.4. The Labute approximate surface area is 565 Å². The average molecular weight is 1410 g/mol. The van der Waals surface area contributed by atoms with Gasteiger partial charge >= 0.3 is 11.9 Å². The first-order chi connectivity index (χ1) is 45.5. The van der Waals surface area contributed by atoms with Crippen LogP contribution in [0, 0.1) is 6.92 Å². The second-order valence-corrected chi connectivity index (χ2v) is 27.6. The number of nitrogens with one attached hydrogen (secondary N) is 5. The Bertz CT molecular complexity index is 4510. The lowest BCUT2D eigenvalue weighted by Gasteiger charge is -2.52. The lowest BCUT2D eigenvalue weighted by Crippen LogP contribution is -2.64. The lowest BCUT2D eigenvalue weighted by molar-refractivity contribution is -0.327. The van der Waals surface area contributed by atoms with Gasteiger partial charge in [-0.05, 0) is 78.9 Å². The molecule has 1 fully saturated rings. The summed E-state index contributed by atoms with van der Waals surface area (Å²) in [5, 5.41) is 67.4. The number of carbonyl (C=O) groups is 8. The Balaban J connectivity index is 1.07. The summed E-state index contributed by atoms with van der Waals surface area (Å²) >= 11 is 4.65. The van der Waals surface area contributed by atoms with Crippen molar-refractivity contribution in [3.63, 3.8) is 0 Å². The van der Waals surface area contributed by atoms with E-state index in [2.05, 4.69) is 48.1 Å². The van der Waals surface area contributed by atoms with Crippen molar-refractivity contribution in [3.8, 4) is 38.4 Å². The SMILES string of the molecule is C=C(NC(=O)c1csc(-c2nc3c(cc2O)-c2nc(cs2)C(=O)N[C@@H]([C@@H](C)O)C(=O)N/C(=C\C)c2nc(cs2)C(=O)N[C@H]2C[C@H](O[C@@]4(C)C[C@](C)(O)[C@H](N(C)C)[C@H](C)O4)C(=O)OCc4cccc5c4c(C)c(n5O)C(=O)OC[C@H](NC(=O)c4csc2n4)c2nc-3cs2)n1)C(N)=O. The lowest BCUT2D eigenvalue weighted by atomic mass is 9.82. The summed E-state index contributed by atoms with van der Waals surface area (Å²) in [5.41, 5.74) is 2.94. The number of hydrogen-bond acceptors (Lipinski definition) is 28. The zero-order valence-corrected chi connectivity index (χ0v) is 56.3. The van der Waals surface area contributed by atoms with Crippen molar-refractivity contribution in [2.75, 3.05) is 20.7 Å². The van der Waals surface area contributed by atoms with E-state index in [0.29, 0.717) is 15.7 Å². The zero-order valence-electron chi connectivity index (χ0n) is 52.2. The number of aromatic hydroxyl groups is 1. The second kappa shape index (κ2) is 27.1. The van der Waals surface area contributed by atoms with Crippen LogP contribution in [0.3, 0.4) is 0 Å². The first kappa shape index (κ1) is 68.1. The molecule has 3 aliphatic heterocycles. The summed E-state index contributed by atoms with van der Waals surface area (Å²) in [7, 11) is 3.58. The van der Waals surface area contributed by atoms with Crippen LogP contribution in [0.2, 0.25) is 0 Å². The molecule has 11 rings (SSSR count). The van der Waals surface area contributed by atoms with Gasteiger partial charge in [0, 0.05) is 50.7 Å². The smallest absolute Gasteiger partial charge is 0.358 e. The van der Waals surface area contributed by atoms with Crippen molar-refractivity contribution < 1.29 is 77.8 Å². The van der Waals surface area contributed by atoms with Crippen molar-refractivity contribution in [3.05, 3.63) is 124 Å². The maximum absolute atomic E-state index is 15.0. The number of nitrogens with two attached hydrogens (primary N) is 1. The first-order valence-electron chi connectivity index (χ1n) is 29.3. The van der Waals surface area contributed by atoms with E-state index in [-0.39, 0.29) is 99.4 Å². The third kappa shape index (κ3) is 13.8. The van der Waals surface area contributed by atoms with Gasteiger partial charge in [0.15, 0.2) is 17.6 Å². The highest BCUT2D eigenvalue weighted by atomic mass is 32.1. The number of benzene rings is 1. The number of thiazole rings is 5. The normalized spacial score (nSPS) is 23.8. The van der Waals surface area contributed by atoms with E-state index in [0.717, 1.165) is 56.7 Å². The first-order valence-corrected chi connectivity index (χ1v) is 33.7. The fraction of sp³-hybridized carbons (Fsp3) is 0.344. The summed E-state index contributed by atoms with van der Waals surface area (Å²) in [6.07, 6.45) is -2.98. The van der Waals surface area contributed by atoms with Crippen molar-refractivity contribution in [1.82, 2.24) is 66.1 Å². The maximum atomic E-state index is 15.0. The van der Waals surface area contributed by atoms with Crippen LogP contribution in [-0.2, 0) is 39.9 Å². The van der Waals surface area contributed by atoms with Gasteiger partial charge in [0.05, 0.1) is 46.8 Å². The zero-order chi connectivity index (χ0) is 69.0. The third-order valence-electron chi connectivity index (χ3n) is 15.9. The molecule has 30 nitrogen and oxygen atoms in total. The standard InChI is InChI=1S/C61H62N14O16S5/c1-10-30-54-69-35(20-94-54)49(80)65-31-15-40(91-61(7)23-60(6,86)46(74(8)9)27(5)90-61)58(84)88-16-28-12-11-13-38-41(28)24(2)45(75(38)87)59(85)89-17-32(66-50(81)36-21-95-55(31)70-36)56-67-33(18-93-56)43-29(53-68-37(19-92-53)51(82)73-42(26(4)76)52(83)64-30)14-39(77)44(72-43)57-71-34(22-96-57)48(79)63-25(3)47(62)78/h10-14,18-22,26-27,31-32,40,42,46,76-77,86-87H,3,15-17,23H2,1-2,4-9H3,(H2,62,78)(H,63,79)(H,64,83)(H,65,80)(H,66,81)(H,73,82)/b30-10-/t26-,27+,31+,32+,40+,42+,46-,60+,61+/m1/s1. The highest BCUT2D eigenvalue weighted by Crippen LogP contribution is 2.43. The van der Waals surface area contributed by atoms with Crippen molar-refractivity contribution in [1.29, 1.82) is 0 Å². The molecule has 7 aromatic heterocycles. The van der Waals surface area contributed by atoms with Gasteiger partial charge in [-0.25, -0.2) is 39.5 Å². The van der Waals surface area contributed by atoms with E-state index in [9.17, 15) is 58.9 Å². The van der Waals surface area contributed by atoms with Crippen LogP contribution >= 0.6 is 56.7 Å². The Kier molecular flexibility index (Phi) is 19.2. The molecule has 9 atom stereocenters. The fourth-order valence-electron chi connectivity index (χ4n) is 11.8. The molecular formula is C61H62N14O16S5. The minimum atomic E-state index is -1.70. The van der Waals surface area contributed by atoms with Gasteiger partial charge in [0.25, 0.3) is 29.5 Å². The molecule has 0 saturated carbocycles. The molecule has 0 spiro atoms. The van der Waals surface area contributed by atoms with Crippen LogP contribution in [0.5, 0.6) is 5.75 Å². The molecule has 1 saturated heterocycles. The Morgan fingerprint density at radius 1 is 0.854 bits per heavy atom. The Morgan fingerprint density at radius 2 is 1.48 bits per heavy atom. The van der Waals surface area contributed by atoms with Gasteiger partial charge in [0.1, 0.15) is 95.9 Å². The molecule has 8 aromatic rings. The van der Waals surface area contributed by atoms with Gasteiger partial charge in [-0.2, -0.15) is 4.73 Å². The Hall–Kier alpha value is -9.30. The minimum Gasteiger partial charge on any atom is -0.506 e. The number of likely N-dealkylation sites (N-methyl/N-ethyl adjacent to an activating group) is 1. The number of cyclic esters (lactones) is 2. The number of fused-ring (bicyclic) bond motifs is 13. The molecule has 0 aliphatic carbocycles. The number of pyridine rings is 1. The number of aromatic nitrogens is 7. The molecule has 96 heavy (non-hydrogen) atoms. The van der Waals surface area contributed by atoms with Gasteiger partial charge in [-0.1, -0.05) is 24.8 Å². The highest BCUT2D eigenvalue weighted by Gasteiger charge is 2.53. The number of nitrogens with zero attached hydrogens (tertiary/aromatic N) is 8. The number of rotatable bonds is 8. The molecule has 1 aromatic carbocycles. The average Bonchev–Trinajstić information content (AvgIpc) is 1.61. The summed E-state index contributed by atoms with van der Waals surface area (Å²) in [4.78, 5) is 142. The molecule has 12 bridgehead atoms. The minimum absolute atomic E-state index is 0.00159. The number of carbonyl (C=O) groups excluding carboxylic acids is 8. The van der Waals surface area contributed by atoms with Gasteiger partial charge in [0.2, 0.25) is 5.91 Å². The van der Waals surface area contributed by atoms with Crippen LogP contribution < -0.4 is 32.3 Å². The second-order valence-electron chi connectivity index (χ2n) is 23.3. The molecule has 6 amide bonds. The number of esters is 2. The number of primary amides is 1. The number of aliphatic hydroxyl groups excluding tert-OH is 1. The molecule has 3 aliphatic rings. The molecule has 11 N–H and O–H groups in total. The van der Waals surface area contributed by atoms with Crippen molar-refractivity contribution in [2.45, 2.75) is 115 Å². The van der Waals surface area contributed by atoms with E-state index in [1.165, 1.54) is 52.0 Å². The highest BCUT2D eigenvalue weighted by molar-refractivity contribution is 7.14. The quantitative estimate of drug-likeness (QED) is 0.0537. The molecule has 35 heteroatoms. The molecule has 0 unspecified atom stereocenters. The van der Waals surface area contributed by atoms with Crippen LogP contribution in [0.15, 0.2) is 69.5 Å². The van der Waals surface area contributed by atoms with Crippen molar-refractivity contribution >= 4 is 121 Å². The molecule has 502 valence electrons. The largest absolute Gasteiger partial charge is 0.506 e. The van der Waals surface area contributed by atoms with E-state index >= 15 is 0 Å². The topological polar surface area (TPSA) is 426 Å². The van der Waals surface area contributed by atoms with E-state index in [1.807, 2.05) is 4.90 Å². The summed E-state index contributed by atoms with van der Waals surface area (Å²) in [6, 6.07) is 1.19. The summed E-state index contributed by atoms with van der Waals surface area (Å²) in [6.45, 7) is 11.7. The van der Waals surface area contributed by atoms with Crippen LogP contribution in [0.4, 0.5) is 0 Å². The predicted molar refractivity (Wildman–Crippen MR) is 349 cm³/mol. The number of amides is 6. The van der Waals surface area contributed by atoms with E-state index in [4.69, 9.17) is 39.6 Å². The van der Waals surface area contributed by atoms with E-state index in [1.54, 1.807) is 60.8 Å². The molecule has 0 radical (unpaired) electrons. The van der Waals surface area contributed by atoms with Crippen molar-refractivity contribution in [2.24, 2.45) is 5.73 Å². The monoisotopic (exact) mass is 1410 g/mol. The number of hydrogen-bond donors (Lipinski definition) is 10. The number of ether oxygens (including phenoxy) is 4. The molecular weight excluding hydrogens is 1350 g/mol. The predicted octanol–water partition coefficient (Wildman–Crippen LogP) is 5.11. The maximum Gasteiger partial charge on any atom is 0.358 e. The van der Waals surface area contributed by atoms with E-state index < -0.39 is 132 Å². The van der Waals surface area contributed by atoms with Gasteiger partial charge in [-0.3, -0.25) is 28.8 Å². The summed E-state index contributed by atoms with van der Waals surface area (Å²) in [5.74, 6) is -9.56. The number of aliphatic hydroxyl groups is 2. The van der Waals surface area contributed by atoms with Crippen LogP contribution in [0.25, 0.3) is 49.3 Å². The summed E-state index contributed by atoms with van der Waals surface area (Å²) < 4.78 is 25.9. The molecule has 10 heterocycles. The van der Waals surface area contributed by atoms with Crippen LogP contribution in [-0.4, -0.2) is 170 Å². The van der Waals surface area contributed by atoms with Gasteiger partial charge in [-0.15, -0.1) is 56.7 Å². The van der Waals surface area contributed by atoms with Crippen LogP contribution in [0.1, 0.15) is 138 Å². The van der Waals surface area contributed by atoms with Gasteiger partial charge < -0.3 is 76.7 Å². The Morgan fingerprint density at radius 3 is 2.16 bits per heavy atom.